The number of rotatable bonds is 4. The first-order valence-electron chi connectivity index (χ1n) is 9.78. The number of aryl methyl sites for hydroxylation is 1. The number of hydrogen-bond acceptors (Lipinski definition) is 1. The minimum atomic E-state index is -0.905. The molecule has 142 valence electrons. The zero-order valence-electron chi connectivity index (χ0n) is 17.1. The minimum absolute atomic E-state index is 0.192. The Morgan fingerprint density at radius 2 is 1.63 bits per heavy atom. The van der Waals surface area contributed by atoms with Crippen molar-refractivity contribution in [3.8, 4) is 0 Å². The smallest absolute Gasteiger partial charge is 0.335 e. The SMILES string of the molecule is C=C(c1ccc(C(=O)O)cc1)c1cc2c(cc1C)C(C)(C)CCC2(C)CC. The number of hydrogen-bond donors (Lipinski definition) is 1. The molecule has 0 saturated heterocycles. The van der Waals surface area contributed by atoms with Crippen molar-refractivity contribution in [1.29, 1.82) is 0 Å². The predicted octanol–water partition coefficient (Wildman–Crippen LogP) is 6.49. The maximum atomic E-state index is 11.1. The van der Waals surface area contributed by atoms with E-state index in [1.165, 1.54) is 29.5 Å². The van der Waals surface area contributed by atoms with E-state index in [1.54, 1.807) is 12.1 Å². The fraction of sp³-hybridized carbons (Fsp3) is 0.400. The van der Waals surface area contributed by atoms with E-state index in [4.69, 9.17) is 5.11 Å². The summed E-state index contributed by atoms with van der Waals surface area (Å²) >= 11 is 0. The van der Waals surface area contributed by atoms with Gasteiger partial charge in [-0.1, -0.05) is 58.5 Å². The van der Waals surface area contributed by atoms with Gasteiger partial charge in [0.05, 0.1) is 5.56 Å². The number of benzene rings is 2. The van der Waals surface area contributed by atoms with Gasteiger partial charge in [-0.2, -0.15) is 0 Å². The molecule has 0 saturated carbocycles. The van der Waals surface area contributed by atoms with Crippen molar-refractivity contribution >= 4 is 11.5 Å². The molecular formula is C25H30O2. The topological polar surface area (TPSA) is 37.3 Å². The predicted molar refractivity (Wildman–Crippen MR) is 113 cm³/mol. The van der Waals surface area contributed by atoms with E-state index >= 15 is 0 Å². The highest BCUT2D eigenvalue weighted by Gasteiger charge is 2.39. The summed E-state index contributed by atoms with van der Waals surface area (Å²) in [5.74, 6) is -0.905. The first-order valence-corrected chi connectivity index (χ1v) is 9.78. The average molecular weight is 363 g/mol. The van der Waals surface area contributed by atoms with E-state index < -0.39 is 5.97 Å². The Bertz CT molecular complexity index is 903. The second-order valence-electron chi connectivity index (χ2n) is 8.87. The molecule has 27 heavy (non-hydrogen) atoms. The van der Waals surface area contributed by atoms with Crippen LogP contribution >= 0.6 is 0 Å². The molecule has 0 aliphatic heterocycles. The van der Waals surface area contributed by atoms with E-state index in [0.717, 1.165) is 23.1 Å². The first-order chi connectivity index (χ1) is 12.6. The van der Waals surface area contributed by atoms with Crippen LogP contribution < -0.4 is 0 Å². The molecular weight excluding hydrogens is 332 g/mol. The molecule has 0 spiro atoms. The van der Waals surface area contributed by atoms with Crippen molar-refractivity contribution in [2.45, 2.75) is 64.7 Å². The number of carbonyl (C=O) groups is 1. The van der Waals surface area contributed by atoms with Gasteiger partial charge >= 0.3 is 5.97 Å². The summed E-state index contributed by atoms with van der Waals surface area (Å²) in [5.41, 5.74) is 7.92. The molecule has 3 rings (SSSR count). The van der Waals surface area contributed by atoms with Crippen molar-refractivity contribution in [1.82, 2.24) is 0 Å². The molecule has 2 heteroatoms. The Hall–Kier alpha value is -2.35. The van der Waals surface area contributed by atoms with Gasteiger partial charge in [-0.25, -0.2) is 4.79 Å². The lowest BCUT2D eigenvalue weighted by Crippen LogP contribution is -2.35. The normalized spacial score (nSPS) is 20.8. The molecule has 2 nitrogen and oxygen atoms in total. The molecule has 0 amide bonds. The van der Waals surface area contributed by atoms with Gasteiger partial charge in [0.15, 0.2) is 0 Å². The first kappa shape index (κ1) is 19.4. The maximum absolute atomic E-state index is 11.1. The highest BCUT2D eigenvalue weighted by Crippen LogP contribution is 2.48. The van der Waals surface area contributed by atoms with E-state index in [1.807, 2.05) is 12.1 Å². The molecule has 0 radical (unpaired) electrons. The van der Waals surface area contributed by atoms with Gasteiger partial charge in [-0.3, -0.25) is 0 Å². The second kappa shape index (κ2) is 6.67. The molecule has 0 aromatic heterocycles. The number of aromatic carboxylic acids is 1. The second-order valence-corrected chi connectivity index (χ2v) is 8.87. The van der Waals surface area contributed by atoms with Crippen LogP contribution in [0.15, 0.2) is 43.0 Å². The van der Waals surface area contributed by atoms with Crippen molar-refractivity contribution in [2.75, 3.05) is 0 Å². The Balaban J connectivity index is 2.10. The molecule has 0 fully saturated rings. The van der Waals surface area contributed by atoms with Crippen LogP contribution in [0, 0.1) is 6.92 Å². The third kappa shape index (κ3) is 3.34. The minimum Gasteiger partial charge on any atom is -0.478 e. The molecule has 0 bridgehead atoms. The van der Waals surface area contributed by atoms with Crippen LogP contribution in [-0.4, -0.2) is 11.1 Å². The molecule has 1 aliphatic carbocycles. The van der Waals surface area contributed by atoms with Gasteiger partial charge in [-0.15, -0.1) is 0 Å². The third-order valence-corrected chi connectivity index (χ3v) is 6.63. The number of fused-ring (bicyclic) bond motifs is 1. The van der Waals surface area contributed by atoms with E-state index in [9.17, 15) is 4.79 Å². The van der Waals surface area contributed by atoms with Gasteiger partial charge in [0.1, 0.15) is 0 Å². The van der Waals surface area contributed by atoms with Crippen molar-refractivity contribution in [3.05, 3.63) is 76.4 Å². The summed E-state index contributed by atoms with van der Waals surface area (Å²) in [7, 11) is 0. The van der Waals surface area contributed by atoms with Crippen molar-refractivity contribution in [2.24, 2.45) is 0 Å². The summed E-state index contributed by atoms with van der Waals surface area (Å²) in [6.45, 7) is 15.8. The number of carboxylic acids is 1. The third-order valence-electron chi connectivity index (χ3n) is 6.63. The number of carboxylic acid groups (broad SMARTS) is 1. The molecule has 2 aromatic rings. The molecule has 1 atom stereocenters. The van der Waals surface area contributed by atoms with Crippen LogP contribution in [0.5, 0.6) is 0 Å². The van der Waals surface area contributed by atoms with Crippen LogP contribution in [0.1, 0.15) is 85.1 Å². The highest BCUT2D eigenvalue weighted by atomic mass is 16.4. The van der Waals surface area contributed by atoms with Gasteiger partial charge in [0, 0.05) is 0 Å². The molecule has 1 aliphatic rings. The van der Waals surface area contributed by atoms with E-state index in [0.29, 0.717) is 5.56 Å². The summed E-state index contributed by atoms with van der Waals surface area (Å²) in [4.78, 5) is 11.1. The van der Waals surface area contributed by atoms with Crippen LogP contribution in [0.2, 0.25) is 0 Å². The molecule has 1 N–H and O–H groups in total. The van der Waals surface area contributed by atoms with Crippen molar-refractivity contribution in [3.63, 3.8) is 0 Å². The van der Waals surface area contributed by atoms with Crippen LogP contribution in [-0.2, 0) is 10.8 Å². The monoisotopic (exact) mass is 362 g/mol. The molecule has 1 unspecified atom stereocenters. The van der Waals surface area contributed by atoms with Gasteiger partial charge in [0.2, 0.25) is 0 Å². The Morgan fingerprint density at radius 3 is 2.19 bits per heavy atom. The standard InChI is InChI=1S/C25H30O2/c1-7-25(6)13-12-24(4,5)21-14-16(2)20(15-22(21)25)17(3)18-8-10-19(11-9-18)23(26)27/h8-11,14-15H,3,7,12-13H2,1-2,4-6H3,(H,26,27). The zero-order valence-corrected chi connectivity index (χ0v) is 17.1. The largest absolute Gasteiger partial charge is 0.478 e. The van der Waals surface area contributed by atoms with Gasteiger partial charge in [-0.05, 0) is 82.5 Å². The van der Waals surface area contributed by atoms with Crippen LogP contribution in [0.4, 0.5) is 0 Å². The van der Waals surface area contributed by atoms with Crippen molar-refractivity contribution < 1.29 is 9.90 Å². The highest BCUT2D eigenvalue weighted by molar-refractivity contribution is 5.89. The zero-order chi connectivity index (χ0) is 20.0. The summed E-state index contributed by atoms with van der Waals surface area (Å²) in [5, 5.41) is 9.12. The Morgan fingerprint density at radius 1 is 1.04 bits per heavy atom. The quantitative estimate of drug-likeness (QED) is 0.674. The lowest BCUT2D eigenvalue weighted by molar-refractivity contribution is 0.0697. The van der Waals surface area contributed by atoms with Gasteiger partial charge in [0.25, 0.3) is 0 Å². The van der Waals surface area contributed by atoms with Crippen LogP contribution in [0.25, 0.3) is 5.57 Å². The maximum Gasteiger partial charge on any atom is 0.335 e. The lowest BCUT2D eigenvalue weighted by atomic mass is 9.60. The Kier molecular flexibility index (Phi) is 4.80. The summed E-state index contributed by atoms with van der Waals surface area (Å²) in [6.07, 6.45) is 3.53. The van der Waals surface area contributed by atoms with Gasteiger partial charge < -0.3 is 5.11 Å². The summed E-state index contributed by atoms with van der Waals surface area (Å²) < 4.78 is 0. The average Bonchev–Trinajstić information content (AvgIpc) is 2.64. The Labute approximate surface area is 162 Å². The lowest BCUT2D eigenvalue weighted by Gasteiger charge is -2.44. The molecule has 0 heterocycles. The van der Waals surface area contributed by atoms with E-state index in [2.05, 4.69) is 53.3 Å². The molecule has 2 aromatic carbocycles. The fourth-order valence-corrected chi connectivity index (χ4v) is 4.29. The van der Waals surface area contributed by atoms with E-state index in [-0.39, 0.29) is 10.8 Å². The van der Waals surface area contributed by atoms with Crippen LogP contribution in [0.3, 0.4) is 0 Å². The summed E-state index contributed by atoms with van der Waals surface area (Å²) in [6, 6.07) is 11.7. The fourth-order valence-electron chi connectivity index (χ4n) is 4.29.